The number of imidazole rings is 1. The van der Waals surface area contributed by atoms with Crippen molar-refractivity contribution in [3.05, 3.63) is 111 Å². The van der Waals surface area contributed by atoms with Gasteiger partial charge in [-0.05, 0) is 72.4 Å². The lowest BCUT2D eigenvalue weighted by Gasteiger charge is -2.27. The molecule has 10 heteroatoms. The molecule has 0 radical (unpaired) electrons. The minimum absolute atomic E-state index is 0.0247. The Balaban J connectivity index is 1.21. The summed E-state index contributed by atoms with van der Waals surface area (Å²) in [4.78, 5) is 21.2. The Bertz CT molecular complexity index is 1910. The molecule has 0 saturated carbocycles. The van der Waals surface area contributed by atoms with Crippen LogP contribution in [0.5, 0.6) is 5.88 Å². The second kappa shape index (κ2) is 11.6. The number of carboxylic acids is 1. The number of alkyl halides is 1. The lowest BCUT2D eigenvalue weighted by Crippen LogP contribution is -2.31. The fraction of sp³-hybridized carbons (Fsp3) is 0.265. The van der Waals surface area contributed by atoms with Gasteiger partial charge in [0.2, 0.25) is 5.88 Å². The lowest BCUT2D eigenvalue weighted by atomic mass is 9.94. The summed E-state index contributed by atoms with van der Waals surface area (Å²) < 4.78 is 43.3. The summed E-state index contributed by atoms with van der Waals surface area (Å²) in [6.07, 6.45) is 1.24. The average molecular weight is 616 g/mol. The van der Waals surface area contributed by atoms with E-state index in [4.69, 9.17) is 26.1 Å². The largest absolute Gasteiger partial charge is 0.478 e. The standard InChI is InChI=1S/C34H28ClF2N3O4/c35-22-7-4-21(27(37)16-22)18-44-32-3-1-2-28(39-32)25-8-5-19(24-9-10-26(36)33(24)25)15-31-38-29-11-6-20(34(41)42)14-30(29)40(31)17-23-12-13-43-23/h1-8,11,14,16,23,26H,9-10,12-13,15,17-18H2,(H,41,42)/t23-,26?/m0/s1. The molecule has 0 amide bonds. The van der Waals surface area contributed by atoms with E-state index in [-0.39, 0.29) is 18.3 Å². The number of benzene rings is 3. The molecule has 2 atom stereocenters. The Kier molecular flexibility index (Phi) is 7.52. The van der Waals surface area contributed by atoms with Crippen LogP contribution in [-0.4, -0.2) is 38.3 Å². The first-order valence-corrected chi connectivity index (χ1v) is 14.9. The van der Waals surface area contributed by atoms with Crippen molar-refractivity contribution in [2.45, 2.75) is 51.1 Å². The van der Waals surface area contributed by atoms with Gasteiger partial charge in [-0.3, -0.25) is 0 Å². The number of rotatable bonds is 9. The number of aromatic carboxylic acids is 1. The van der Waals surface area contributed by atoms with E-state index in [1.807, 2.05) is 22.8 Å². The Morgan fingerprint density at radius 1 is 1.07 bits per heavy atom. The molecule has 1 aliphatic carbocycles. The van der Waals surface area contributed by atoms with Crippen molar-refractivity contribution in [1.29, 1.82) is 0 Å². The molecule has 0 spiro atoms. The Labute approximate surface area is 257 Å². The summed E-state index contributed by atoms with van der Waals surface area (Å²) in [7, 11) is 0. The van der Waals surface area contributed by atoms with Gasteiger partial charge < -0.3 is 19.1 Å². The number of hydrogen-bond donors (Lipinski definition) is 1. The molecule has 0 bridgehead atoms. The van der Waals surface area contributed by atoms with Gasteiger partial charge >= 0.3 is 5.97 Å². The van der Waals surface area contributed by atoms with Gasteiger partial charge in [-0.1, -0.05) is 35.9 Å². The molecule has 1 aliphatic heterocycles. The molecule has 3 heterocycles. The fourth-order valence-electron chi connectivity index (χ4n) is 6.05. The van der Waals surface area contributed by atoms with Crippen molar-refractivity contribution in [2.24, 2.45) is 0 Å². The van der Waals surface area contributed by atoms with Gasteiger partial charge in [0.15, 0.2) is 0 Å². The number of pyridine rings is 1. The highest BCUT2D eigenvalue weighted by Crippen LogP contribution is 2.43. The number of hydrogen-bond acceptors (Lipinski definition) is 5. The van der Waals surface area contributed by atoms with E-state index in [0.717, 1.165) is 28.9 Å². The van der Waals surface area contributed by atoms with Gasteiger partial charge in [0.05, 0.1) is 34.9 Å². The van der Waals surface area contributed by atoms with Crippen molar-refractivity contribution in [3.63, 3.8) is 0 Å². The summed E-state index contributed by atoms with van der Waals surface area (Å²) in [6, 6.07) is 18.5. The third-order valence-electron chi connectivity index (χ3n) is 8.41. The van der Waals surface area contributed by atoms with Crippen molar-refractivity contribution in [1.82, 2.24) is 14.5 Å². The van der Waals surface area contributed by atoms with Crippen LogP contribution in [0.25, 0.3) is 22.3 Å². The fourth-order valence-corrected chi connectivity index (χ4v) is 6.21. The van der Waals surface area contributed by atoms with Gasteiger partial charge in [-0.15, -0.1) is 0 Å². The number of halogens is 3. The highest BCUT2D eigenvalue weighted by molar-refractivity contribution is 6.30. The molecule has 3 aromatic carbocycles. The molecule has 1 saturated heterocycles. The van der Waals surface area contributed by atoms with E-state index in [9.17, 15) is 14.3 Å². The molecular formula is C34H28ClF2N3O4. The molecule has 5 aromatic rings. The number of fused-ring (bicyclic) bond motifs is 2. The second-order valence-corrected chi connectivity index (χ2v) is 11.6. The SMILES string of the molecule is O=C(O)c1ccc2nc(Cc3ccc(-c4cccc(OCc5ccc(Cl)cc5F)n4)c4c3CCC4F)n(C[C@@H]3CCO3)c2c1. The summed E-state index contributed by atoms with van der Waals surface area (Å²) in [5, 5.41) is 9.87. The molecule has 2 aromatic heterocycles. The van der Waals surface area contributed by atoms with Crippen LogP contribution >= 0.6 is 11.6 Å². The first kappa shape index (κ1) is 28.4. The maximum absolute atomic E-state index is 15.5. The zero-order chi connectivity index (χ0) is 30.4. The van der Waals surface area contributed by atoms with E-state index in [1.54, 1.807) is 42.5 Å². The molecule has 44 heavy (non-hydrogen) atoms. The monoisotopic (exact) mass is 615 g/mol. The normalized spacial score (nSPS) is 17.4. The van der Waals surface area contributed by atoms with Crippen LogP contribution in [-0.2, 0) is 30.7 Å². The summed E-state index contributed by atoms with van der Waals surface area (Å²) in [5.74, 6) is -0.379. The van der Waals surface area contributed by atoms with Gasteiger partial charge in [0, 0.05) is 35.2 Å². The maximum Gasteiger partial charge on any atom is 0.335 e. The smallest absolute Gasteiger partial charge is 0.335 e. The maximum atomic E-state index is 15.5. The molecule has 1 N–H and O–H groups in total. The number of nitrogens with zero attached hydrogens (tertiary/aromatic N) is 3. The van der Waals surface area contributed by atoms with Crippen LogP contribution in [0.1, 0.15) is 57.4 Å². The number of carboxylic acid groups (broad SMARTS) is 1. The number of ether oxygens (including phenoxy) is 2. The van der Waals surface area contributed by atoms with Gasteiger partial charge in [-0.25, -0.2) is 23.5 Å². The average Bonchev–Trinajstić information content (AvgIpc) is 3.54. The molecule has 7 nitrogen and oxygen atoms in total. The first-order valence-electron chi connectivity index (χ1n) is 14.5. The van der Waals surface area contributed by atoms with E-state index >= 15 is 4.39 Å². The minimum Gasteiger partial charge on any atom is -0.478 e. The van der Waals surface area contributed by atoms with E-state index < -0.39 is 18.0 Å². The zero-order valence-corrected chi connectivity index (χ0v) is 24.4. The van der Waals surface area contributed by atoms with Crippen LogP contribution in [0.4, 0.5) is 8.78 Å². The number of aromatic nitrogens is 3. The summed E-state index contributed by atoms with van der Waals surface area (Å²) in [6.45, 7) is 1.25. The lowest BCUT2D eigenvalue weighted by molar-refractivity contribution is -0.0589. The highest BCUT2D eigenvalue weighted by atomic mass is 35.5. The van der Waals surface area contributed by atoms with E-state index in [2.05, 4.69) is 4.98 Å². The number of carbonyl (C=O) groups is 1. The second-order valence-electron chi connectivity index (χ2n) is 11.2. The Morgan fingerprint density at radius 2 is 1.91 bits per heavy atom. The minimum atomic E-state index is -1.14. The molecule has 1 fully saturated rings. The van der Waals surface area contributed by atoms with Gasteiger partial charge in [0.1, 0.15) is 24.4 Å². The van der Waals surface area contributed by atoms with Crippen molar-refractivity contribution < 1.29 is 28.2 Å². The van der Waals surface area contributed by atoms with Crippen LogP contribution in [0, 0.1) is 5.82 Å². The van der Waals surface area contributed by atoms with Gasteiger partial charge in [0.25, 0.3) is 0 Å². The van der Waals surface area contributed by atoms with Crippen LogP contribution < -0.4 is 4.74 Å². The summed E-state index contributed by atoms with van der Waals surface area (Å²) >= 11 is 5.85. The zero-order valence-electron chi connectivity index (χ0n) is 23.6. The van der Waals surface area contributed by atoms with E-state index in [1.165, 1.54) is 6.07 Å². The molecular weight excluding hydrogens is 588 g/mol. The summed E-state index contributed by atoms with van der Waals surface area (Å²) in [5.41, 5.74) is 5.80. The molecule has 2 aliphatic rings. The topological polar surface area (TPSA) is 86.5 Å². The molecule has 7 rings (SSSR count). The van der Waals surface area contributed by atoms with Crippen LogP contribution in [0.15, 0.2) is 66.7 Å². The predicted molar refractivity (Wildman–Crippen MR) is 161 cm³/mol. The Morgan fingerprint density at radius 3 is 2.68 bits per heavy atom. The van der Waals surface area contributed by atoms with Gasteiger partial charge in [-0.2, -0.15) is 0 Å². The molecule has 224 valence electrons. The van der Waals surface area contributed by atoms with Crippen molar-refractivity contribution in [2.75, 3.05) is 6.61 Å². The Hall–Kier alpha value is -4.34. The third-order valence-corrected chi connectivity index (χ3v) is 8.64. The van der Waals surface area contributed by atoms with Crippen LogP contribution in [0.3, 0.4) is 0 Å². The quantitative estimate of drug-likeness (QED) is 0.185. The van der Waals surface area contributed by atoms with Crippen molar-refractivity contribution >= 4 is 28.6 Å². The highest BCUT2D eigenvalue weighted by Gasteiger charge is 2.30. The predicted octanol–water partition coefficient (Wildman–Crippen LogP) is 7.50. The van der Waals surface area contributed by atoms with Crippen molar-refractivity contribution in [3.8, 4) is 17.1 Å². The first-order chi connectivity index (χ1) is 21.3. The third kappa shape index (κ3) is 5.42. The van der Waals surface area contributed by atoms with E-state index in [0.29, 0.717) is 71.2 Å². The molecule has 1 unspecified atom stereocenters. The van der Waals surface area contributed by atoms with Crippen LogP contribution in [0.2, 0.25) is 5.02 Å².